The molecule has 0 spiro atoms. The molecule has 0 bridgehead atoms. The van der Waals surface area contributed by atoms with Crippen LogP contribution in [0, 0.1) is 5.92 Å². The molecular weight excluding hydrogens is 214 g/mol. The van der Waals surface area contributed by atoms with Crippen molar-refractivity contribution in [2.45, 2.75) is 32.9 Å². The minimum atomic E-state index is 0.0321. The predicted octanol–water partition coefficient (Wildman–Crippen LogP) is 2.12. The van der Waals surface area contributed by atoms with Crippen molar-refractivity contribution in [1.82, 2.24) is 4.90 Å². The highest BCUT2D eigenvalue weighted by Crippen LogP contribution is 2.23. The van der Waals surface area contributed by atoms with Crippen molar-refractivity contribution in [2.75, 3.05) is 13.1 Å². The molecule has 2 N–H and O–H groups in total. The Hall–Kier alpha value is -1.06. The molecule has 1 fully saturated rings. The zero-order chi connectivity index (χ0) is 12.3. The average Bonchev–Trinajstić information content (AvgIpc) is 2.35. The molecule has 1 aliphatic heterocycles. The van der Waals surface area contributed by atoms with Crippen molar-refractivity contribution in [3.8, 4) is 5.75 Å². The third kappa shape index (κ3) is 3.20. The molecule has 0 amide bonds. The van der Waals surface area contributed by atoms with Gasteiger partial charge in [0, 0.05) is 12.1 Å². The van der Waals surface area contributed by atoms with Gasteiger partial charge in [-0.2, -0.15) is 0 Å². The minimum absolute atomic E-state index is 0.0321. The molecule has 0 atom stereocenters. The van der Waals surface area contributed by atoms with E-state index in [1.807, 2.05) is 6.07 Å². The summed E-state index contributed by atoms with van der Waals surface area (Å²) < 4.78 is 0. The second kappa shape index (κ2) is 5.52. The van der Waals surface area contributed by atoms with Gasteiger partial charge in [0.2, 0.25) is 0 Å². The summed E-state index contributed by atoms with van der Waals surface area (Å²) >= 11 is 0. The van der Waals surface area contributed by atoms with Gasteiger partial charge in [-0.05, 0) is 49.5 Å². The maximum absolute atomic E-state index is 9.80. The molecular formula is C14H21NO2. The van der Waals surface area contributed by atoms with Crippen LogP contribution in [0.1, 0.15) is 30.9 Å². The Labute approximate surface area is 103 Å². The van der Waals surface area contributed by atoms with Crippen molar-refractivity contribution >= 4 is 0 Å². The minimum Gasteiger partial charge on any atom is -0.508 e. The Balaban J connectivity index is 2.02. The van der Waals surface area contributed by atoms with Gasteiger partial charge in [0.25, 0.3) is 0 Å². The molecule has 17 heavy (non-hydrogen) atoms. The molecule has 3 nitrogen and oxygen atoms in total. The van der Waals surface area contributed by atoms with Crippen LogP contribution in [-0.4, -0.2) is 28.2 Å². The molecule has 94 valence electrons. The number of nitrogens with zero attached hydrogens (tertiary/aromatic N) is 1. The topological polar surface area (TPSA) is 43.7 Å². The normalized spacial score (nSPS) is 18.5. The summed E-state index contributed by atoms with van der Waals surface area (Å²) in [7, 11) is 0. The lowest BCUT2D eigenvalue weighted by Gasteiger charge is -2.30. The SMILES string of the molecule is CC1CCN(Cc2cc(CO)ccc2O)CC1. The Morgan fingerprint density at radius 1 is 1.29 bits per heavy atom. The van der Waals surface area contributed by atoms with Crippen molar-refractivity contribution in [2.24, 2.45) is 5.92 Å². The summed E-state index contributed by atoms with van der Waals surface area (Å²) in [6, 6.07) is 5.33. The van der Waals surface area contributed by atoms with E-state index in [9.17, 15) is 5.11 Å². The van der Waals surface area contributed by atoms with Gasteiger partial charge in [-0.1, -0.05) is 13.0 Å². The highest BCUT2D eigenvalue weighted by Gasteiger charge is 2.16. The molecule has 1 heterocycles. The largest absolute Gasteiger partial charge is 0.508 e. The lowest BCUT2D eigenvalue weighted by molar-refractivity contribution is 0.183. The van der Waals surface area contributed by atoms with E-state index in [0.29, 0.717) is 5.75 Å². The van der Waals surface area contributed by atoms with Gasteiger partial charge in [-0.3, -0.25) is 4.90 Å². The van der Waals surface area contributed by atoms with Crippen LogP contribution in [0.4, 0.5) is 0 Å². The molecule has 1 aromatic rings. The number of hydrogen-bond donors (Lipinski definition) is 2. The standard InChI is InChI=1S/C14H21NO2/c1-11-4-6-15(7-5-11)9-13-8-12(10-16)2-3-14(13)17/h2-3,8,11,16-17H,4-7,9-10H2,1H3. The first kappa shape index (κ1) is 12.4. The second-order valence-electron chi connectivity index (χ2n) is 5.08. The molecule has 0 aromatic heterocycles. The fourth-order valence-electron chi connectivity index (χ4n) is 2.32. The fourth-order valence-corrected chi connectivity index (χ4v) is 2.32. The van der Waals surface area contributed by atoms with E-state index in [2.05, 4.69) is 11.8 Å². The highest BCUT2D eigenvalue weighted by atomic mass is 16.3. The Morgan fingerprint density at radius 3 is 2.65 bits per heavy atom. The lowest BCUT2D eigenvalue weighted by Crippen LogP contribution is -2.32. The predicted molar refractivity (Wildman–Crippen MR) is 67.7 cm³/mol. The molecule has 0 saturated carbocycles. The fraction of sp³-hybridized carbons (Fsp3) is 0.571. The number of benzene rings is 1. The third-order valence-electron chi connectivity index (χ3n) is 3.60. The third-order valence-corrected chi connectivity index (χ3v) is 3.60. The second-order valence-corrected chi connectivity index (χ2v) is 5.08. The van der Waals surface area contributed by atoms with Crippen molar-refractivity contribution in [1.29, 1.82) is 0 Å². The van der Waals surface area contributed by atoms with E-state index in [4.69, 9.17) is 5.11 Å². The van der Waals surface area contributed by atoms with Gasteiger partial charge in [-0.15, -0.1) is 0 Å². The van der Waals surface area contributed by atoms with Gasteiger partial charge < -0.3 is 10.2 Å². The van der Waals surface area contributed by atoms with E-state index in [1.54, 1.807) is 12.1 Å². The van der Waals surface area contributed by atoms with Gasteiger partial charge in [0.1, 0.15) is 5.75 Å². The van der Waals surface area contributed by atoms with E-state index in [0.717, 1.165) is 36.7 Å². The van der Waals surface area contributed by atoms with Crippen LogP contribution in [0.3, 0.4) is 0 Å². The molecule has 0 unspecified atom stereocenters. The molecule has 0 radical (unpaired) electrons. The number of aliphatic hydroxyl groups is 1. The Bertz CT molecular complexity index is 370. The van der Waals surface area contributed by atoms with E-state index in [1.165, 1.54) is 12.8 Å². The summed E-state index contributed by atoms with van der Waals surface area (Å²) in [4.78, 5) is 2.37. The van der Waals surface area contributed by atoms with Crippen molar-refractivity contribution in [3.05, 3.63) is 29.3 Å². The molecule has 3 heteroatoms. The average molecular weight is 235 g/mol. The molecule has 1 saturated heterocycles. The summed E-state index contributed by atoms with van der Waals surface area (Å²) in [5, 5.41) is 18.9. The molecule has 2 rings (SSSR count). The highest BCUT2D eigenvalue weighted by molar-refractivity contribution is 5.35. The number of piperidine rings is 1. The number of phenols is 1. The lowest BCUT2D eigenvalue weighted by atomic mass is 9.98. The maximum Gasteiger partial charge on any atom is 0.120 e. The molecule has 1 aliphatic rings. The zero-order valence-electron chi connectivity index (χ0n) is 10.4. The quantitative estimate of drug-likeness (QED) is 0.843. The van der Waals surface area contributed by atoms with Gasteiger partial charge >= 0.3 is 0 Å². The van der Waals surface area contributed by atoms with Crippen LogP contribution in [-0.2, 0) is 13.2 Å². The molecule has 1 aromatic carbocycles. The van der Waals surface area contributed by atoms with Crippen LogP contribution in [0.5, 0.6) is 5.75 Å². The van der Waals surface area contributed by atoms with Gasteiger partial charge in [0.15, 0.2) is 0 Å². The smallest absolute Gasteiger partial charge is 0.120 e. The molecule has 0 aliphatic carbocycles. The first-order valence-corrected chi connectivity index (χ1v) is 6.33. The first-order chi connectivity index (χ1) is 8.19. The summed E-state index contributed by atoms with van der Waals surface area (Å²) in [5.41, 5.74) is 1.79. The van der Waals surface area contributed by atoms with Gasteiger partial charge in [-0.25, -0.2) is 0 Å². The van der Waals surface area contributed by atoms with Crippen molar-refractivity contribution in [3.63, 3.8) is 0 Å². The number of aliphatic hydroxyl groups excluding tert-OH is 1. The van der Waals surface area contributed by atoms with E-state index < -0.39 is 0 Å². The monoisotopic (exact) mass is 235 g/mol. The number of likely N-dealkylation sites (tertiary alicyclic amines) is 1. The summed E-state index contributed by atoms with van der Waals surface area (Å²) in [5.74, 6) is 1.16. The number of rotatable bonds is 3. The Kier molecular flexibility index (Phi) is 4.02. The maximum atomic E-state index is 9.80. The first-order valence-electron chi connectivity index (χ1n) is 6.33. The summed E-state index contributed by atoms with van der Waals surface area (Å²) in [6.45, 7) is 5.31. The van der Waals surface area contributed by atoms with Crippen LogP contribution < -0.4 is 0 Å². The summed E-state index contributed by atoms with van der Waals surface area (Å²) in [6.07, 6.45) is 2.47. The van der Waals surface area contributed by atoms with Crippen LogP contribution in [0.15, 0.2) is 18.2 Å². The van der Waals surface area contributed by atoms with Crippen LogP contribution in [0.2, 0.25) is 0 Å². The van der Waals surface area contributed by atoms with Crippen LogP contribution >= 0.6 is 0 Å². The van der Waals surface area contributed by atoms with Crippen molar-refractivity contribution < 1.29 is 10.2 Å². The van der Waals surface area contributed by atoms with Gasteiger partial charge in [0.05, 0.1) is 6.61 Å². The number of hydrogen-bond acceptors (Lipinski definition) is 3. The Morgan fingerprint density at radius 2 is 2.00 bits per heavy atom. The van der Waals surface area contributed by atoms with E-state index in [-0.39, 0.29) is 6.61 Å². The number of phenolic OH excluding ortho intramolecular Hbond substituents is 1. The van der Waals surface area contributed by atoms with E-state index >= 15 is 0 Å². The number of aromatic hydroxyl groups is 1. The zero-order valence-corrected chi connectivity index (χ0v) is 10.4. The van der Waals surface area contributed by atoms with Crippen LogP contribution in [0.25, 0.3) is 0 Å².